The summed E-state index contributed by atoms with van der Waals surface area (Å²) < 4.78 is 12.6. The predicted octanol–water partition coefficient (Wildman–Crippen LogP) is 2.96. The number of hydrogen-bond donors (Lipinski definition) is 1. The van der Waals surface area contributed by atoms with Gasteiger partial charge >= 0.3 is 0 Å². The molecule has 0 fully saturated rings. The second-order valence-corrected chi connectivity index (χ2v) is 6.49. The Balaban J connectivity index is 1.68. The molecule has 0 bridgehead atoms. The zero-order valence-electron chi connectivity index (χ0n) is 14.1. The molecule has 7 nitrogen and oxygen atoms in total. The molecule has 0 saturated heterocycles. The molecular formula is C17H19N3O4S. The van der Waals surface area contributed by atoms with E-state index in [-0.39, 0.29) is 24.2 Å². The molecule has 0 saturated carbocycles. The van der Waals surface area contributed by atoms with Gasteiger partial charge in [0.1, 0.15) is 0 Å². The summed E-state index contributed by atoms with van der Waals surface area (Å²) in [6.07, 6.45) is 4.62. The van der Waals surface area contributed by atoms with E-state index in [9.17, 15) is 9.59 Å². The van der Waals surface area contributed by atoms with Crippen LogP contribution in [0.5, 0.6) is 11.5 Å². The van der Waals surface area contributed by atoms with Crippen molar-refractivity contribution in [3.05, 3.63) is 30.1 Å². The molecule has 1 aromatic heterocycles. The Kier molecular flexibility index (Phi) is 5.28. The van der Waals surface area contributed by atoms with E-state index in [2.05, 4.69) is 17.2 Å². The topological polar surface area (TPSA) is 82.5 Å². The van der Waals surface area contributed by atoms with Crippen LogP contribution < -0.4 is 14.8 Å². The summed E-state index contributed by atoms with van der Waals surface area (Å²) in [5.41, 5.74) is 0.828. The van der Waals surface area contributed by atoms with E-state index in [0.29, 0.717) is 22.7 Å². The average Bonchev–Trinajstić information content (AvgIpc) is 3.21. The Morgan fingerprint density at radius 3 is 2.80 bits per heavy atom. The summed E-state index contributed by atoms with van der Waals surface area (Å²) in [4.78, 5) is 28.4. The Morgan fingerprint density at radius 1 is 1.32 bits per heavy atom. The third-order valence-corrected chi connectivity index (χ3v) is 4.64. The molecule has 1 aliphatic rings. The maximum atomic E-state index is 12.3. The smallest absolute Gasteiger partial charge is 0.234 e. The molecule has 1 N–H and O–H groups in total. The first-order valence-electron chi connectivity index (χ1n) is 7.97. The van der Waals surface area contributed by atoms with Crippen molar-refractivity contribution in [3.8, 4) is 11.5 Å². The monoisotopic (exact) mass is 361 g/mol. The van der Waals surface area contributed by atoms with E-state index < -0.39 is 0 Å². The molecule has 1 aromatic carbocycles. The highest BCUT2D eigenvalue weighted by Crippen LogP contribution is 2.37. The molecule has 0 radical (unpaired) electrons. The van der Waals surface area contributed by atoms with Gasteiger partial charge in [0.15, 0.2) is 22.4 Å². The SMILES string of the molecule is CCCn1ccnc1SCC(=O)Nc1cc2c(cc1C(C)=O)OCO2. The zero-order chi connectivity index (χ0) is 17.8. The zero-order valence-corrected chi connectivity index (χ0v) is 14.9. The molecule has 3 rings (SSSR count). The lowest BCUT2D eigenvalue weighted by Gasteiger charge is -2.11. The van der Waals surface area contributed by atoms with Crippen LogP contribution in [0.1, 0.15) is 30.6 Å². The number of benzene rings is 1. The quantitative estimate of drug-likeness (QED) is 0.603. The number of ketones is 1. The predicted molar refractivity (Wildman–Crippen MR) is 94.4 cm³/mol. The van der Waals surface area contributed by atoms with E-state index >= 15 is 0 Å². The van der Waals surface area contributed by atoms with E-state index in [1.807, 2.05) is 10.8 Å². The van der Waals surface area contributed by atoms with Crippen LogP contribution in [0.3, 0.4) is 0 Å². The number of nitrogens with zero attached hydrogens (tertiary/aromatic N) is 2. The Hall–Kier alpha value is -2.48. The van der Waals surface area contributed by atoms with Crippen molar-refractivity contribution in [2.24, 2.45) is 0 Å². The maximum absolute atomic E-state index is 12.3. The summed E-state index contributed by atoms with van der Waals surface area (Å²) in [5, 5.41) is 3.58. The van der Waals surface area contributed by atoms with Gasteiger partial charge in [0.25, 0.3) is 0 Å². The van der Waals surface area contributed by atoms with Gasteiger partial charge in [-0.3, -0.25) is 9.59 Å². The van der Waals surface area contributed by atoms with Gasteiger partial charge in [0, 0.05) is 30.6 Å². The number of amides is 1. The summed E-state index contributed by atoms with van der Waals surface area (Å²) in [6.45, 7) is 4.51. The summed E-state index contributed by atoms with van der Waals surface area (Å²) in [6, 6.07) is 3.22. The number of ether oxygens (including phenoxy) is 2. The standard InChI is InChI=1S/C17H19N3O4S/c1-3-5-20-6-4-18-17(20)25-9-16(22)19-13-8-15-14(23-10-24-15)7-12(13)11(2)21/h4,6-8H,3,5,9-10H2,1-2H3,(H,19,22). The molecule has 2 heterocycles. The molecular weight excluding hydrogens is 342 g/mol. The Morgan fingerprint density at radius 2 is 2.08 bits per heavy atom. The third-order valence-electron chi connectivity index (χ3n) is 3.64. The molecule has 0 atom stereocenters. The van der Waals surface area contributed by atoms with Crippen molar-refractivity contribution < 1.29 is 19.1 Å². The van der Waals surface area contributed by atoms with Gasteiger partial charge in [-0.05, 0) is 19.4 Å². The highest BCUT2D eigenvalue weighted by atomic mass is 32.2. The average molecular weight is 361 g/mol. The van der Waals surface area contributed by atoms with Crippen molar-refractivity contribution in [1.29, 1.82) is 0 Å². The molecule has 0 aliphatic carbocycles. The fraction of sp³-hybridized carbons (Fsp3) is 0.353. The van der Waals surface area contributed by atoms with Crippen LogP contribution in [0.25, 0.3) is 0 Å². The first-order chi connectivity index (χ1) is 12.1. The minimum Gasteiger partial charge on any atom is -0.454 e. The van der Waals surface area contributed by atoms with E-state index in [4.69, 9.17) is 9.47 Å². The molecule has 1 aliphatic heterocycles. The molecule has 2 aromatic rings. The van der Waals surface area contributed by atoms with Crippen LogP contribution in [0.2, 0.25) is 0 Å². The molecule has 0 unspecified atom stereocenters. The number of imidazole rings is 1. The van der Waals surface area contributed by atoms with Crippen molar-refractivity contribution in [3.63, 3.8) is 0 Å². The van der Waals surface area contributed by atoms with Gasteiger partial charge in [-0.1, -0.05) is 18.7 Å². The van der Waals surface area contributed by atoms with Gasteiger partial charge in [-0.2, -0.15) is 0 Å². The second kappa shape index (κ2) is 7.60. The fourth-order valence-electron chi connectivity index (χ4n) is 2.50. The van der Waals surface area contributed by atoms with Crippen molar-refractivity contribution in [2.75, 3.05) is 17.9 Å². The molecule has 1 amide bonds. The number of aryl methyl sites for hydroxylation is 1. The summed E-state index contributed by atoms with van der Waals surface area (Å²) >= 11 is 1.36. The van der Waals surface area contributed by atoms with Gasteiger partial charge in [-0.15, -0.1) is 0 Å². The maximum Gasteiger partial charge on any atom is 0.234 e. The Labute approximate surface area is 149 Å². The molecule has 8 heteroatoms. The number of carbonyl (C=O) groups excluding carboxylic acids is 2. The lowest BCUT2D eigenvalue weighted by molar-refractivity contribution is -0.113. The summed E-state index contributed by atoms with van der Waals surface area (Å²) in [7, 11) is 0. The van der Waals surface area contributed by atoms with Gasteiger partial charge in [-0.25, -0.2) is 4.98 Å². The van der Waals surface area contributed by atoms with E-state index in [1.54, 1.807) is 18.3 Å². The van der Waals surface area contributed by atoms with Crippen LogP contribution in [0.15, 0.2) is 29.7 Å². The fourth-order valence-corrected chi connectivity index (χ4v) is 3.29. The van der Waals surface area contributed by atoms with Crippen LogP contribution in [-0.2, 0) is 11.3 Å². The third kappa shape index (κ3) is 3.96. The van der Waals surface area contributed by atoms with E-state index in [0.717, 1.165) is 18.1 Å². The highest BCUT2D eigenvalue weighted by molar-refractivity contribution is 7.99. The number of fused-ring (bicyclic) bond motifs is 1. The number of aromatic nitrogens is 2. The number of Topliss-reactive ketones (excluding diaryl/α,β-unsaturated/α-hetero) is 1. The van der Waals surface area contributed by atoms with Crippen molar-refractivity contribution in [2.45, 2.75) is 32.0 Å². The summed E-state index contributed by atoms with van der Waals surface area (Å²) in [5.74, 6) is 0.870. The lowest BCUT2D eigenvalue weighted by atomic mass is 10.1. The lowest BCUT2D eigenvalue weighted by Crippen LogP contribution is -2.16. The number of carbonyl (C=O) groups is 2. The van der Waals surface area contributed by atoms with Gasteiger partial charge in [0.05, 0.1) is 11.4 Å². The van der Waals surface area contributed by atoms with Crippen LogP contribution in [0, 0.1) is 0 Å². The van der Waals surface area contributed by atoms with Crippen LogP contribution in [-0.4, -0.2) is 33.8 Å². The largest absolute Gasteiger partial charge is 0.454 e. The first-order valence-corrected chi connectivity index (χ1v) is 8.95. The van der Waals surface area contributed by atoms with E-state index in [1.165, 1.54) is 18.7 Å². The van der Waals surface area contributed by atoms with Crippen LogP contribution in [0.4, 0.5) is 5.69 Å². The highest BCUT2D eigenvalue weighted by Gasteiger charge is 2.20. The number of nitrogens with one attached hydrogen (secondary N) is 1. The molecule has 25 heavy (non-hydrogen) atoms. The molecule has 132 valence electrons. The number of hydrogen-bond acceptors (Lipinski definition) is 6. The number of anilines is 1. The van der Waals surface area contributed by atoms with Crippen LogP contribution >= 0.6 is 11.8 Å². The first kappa shape index (κ1) is 17.3. The Bertz CT molecular complexity index is 803. The normalized spacial score (nSPS) is 12.2. The number of rotatable bonds is 7. The second-order valence-electron chi connectivity index (χ2n) is 5.55. The van der Waals surface area contributed by atoms with Crippen molar-refractivity contribution in [1.82, 2.24) is 9.55 Å². The molecule has 0 spiro atoms. The van der Waals surface area contributed by atoms with Crippen molar-refractivity contribution >= 4 is 29.1 Å². The van der Waals surface area contributed by atoms with Gasteiger partial charge < -0.3 is 19.4 Å². The minimum atomic E-state index is -0.211. The van der Waals surface area contributed by atoms with Gasteiger partial charge in [0.2, 0.25) is 12.7 Å². The number of thioether (sulfide) groups is 1. The minimum absolute atomic E-state index is 0.111.